The van der Waals surface area contributed by atoms with Crippen molar-refractivity contribution in [1.29, 1.82) is 0 Å². The van der Waals surface area contributed by atoms with Gasteiger partial charge in [-0.15, -0.1) is 0 Å². The highest BCUT2D eigenvalue weighted by atomic mass is 16.5. The SMILES string of the molecule is CC(NC(=O)c1ccccc1Oc1ccccc1)c1n[nH]c(=O)[nH]1. The van der Waals surface area contributed by atoms with Crippen molar-refractivity contribution >= 4 is 5.91 Å². The van der Waals surface area contributed by atoms with Gasteiger partial charge in [-0.05, 0) is 31.2 Å². The van der Waals surface area contributed by atoms with Gasteiger partial charge in [-0.25, -0.2) is 9.89 Å². The van der Waals surface area contributed by atoms with Gasteiger partial charge in [0.25, 0.3) is 5.91 Å². The minimum atomic E-state index is -0.457. The molecule has 122 valence electrons. The number of hydrogen-bond acceptors (Lipinski definition) is 4. The highest BCUT2D eigenvalue weighted by Gasteiger charge is 2.17. The summed E-state index contributed by atoms with van der Waals surface area (Å²) < 4.78 is 5.78. The number of aromatic amines is 2. The van der Waals surface area contributed by atoms with E-state index >= 15 is 0 Å². The van der Waals surface area contributed by atoms with Gasteiger partial charge in [0.05, 0.1) is 11.6 Å². The Morgan fingerprint density at radius 2 is 1.83 bits per heavy atom. The summed E-state index contributed by atoms with van der Waals surface area (Å²) in [6.45, 7) is 1.73. The molecule has 0 aliphatic rings. The number of nitrogens with one attached hydrogen (secondary N) is 3. The maximum atomic E-state index is 12.5. The van der Waals surface area contributed by atoms with Crippen LogP contribution in [0.25, 0.3) is 0 Å². The van der Waals surface area contributed by atoms with E-state index in [1.807, 2.05) is 30.3 Å². The summed E-state index contributed by atoms with van der Waals surface area (Å²) in [5.41, 5.74) is -0.0232. The molecule has 0 saturated carbocycles. The average molecular weight is 324 g/mol. The summed E-state index contributed by atoms with van der Waals surface area (Å²) in [4.78, 5) is 26.1. The molecular formula is C17H16N4O3. The minimum Gasteiger partial charge on any atom is -0.457 e. The quantitative estimate of drug-likeness (QED) is 0.671. The maximum Gasteiger partial charge on any atom is 0.340 e. The zero-order valence-corrected chi connectivity index (χ0v) is 12.9. The molecule has 0 aliphatic carbocycles. The van der Waals surface area contributed by atoms with Gasteiger partial charge in [-0.1, -0.05) is 30.3 Å². The van der Waals surface area contributed by atoms with Crippen molar-refractivity contribution < 1.29 is 9.53 Å². The lowest BCUT2D eigenvalue weighted by Crippen LogP contribution is -2.28. The number of carbonyl (C=O) groups excluding carboxylic acids is 1. The molecule has 1 unspecified atom stereocenters. The molecule has 7 nitrogen and oxygen atoms in total. The first-order valence-electron chi connectivity index (χ1n) is 7.41. The molecule has 7 heteroatoms. The lowest BCUT2D eigenvalue weighted by atomic mass is 10.1. The summed E-state index contributed by atoms with van der Waals surface area (Å²) in [6, 6.07) is 15.7. The fourth-order valence-electron chi connectivity index (χ4n) is 2.19. The Balaban J connectivity index is 1.78. The number of hydrogen-bond donors (Lipinski definition) is 3. The number of H-pyrrole nitrogens is 2. The largest absolute Gasteiger partial charge is 0.457 e. The number of carbonyl (C=O) groups is 1. The number of rotatable bonds is 5. The zero-order valence-electron chi connectivity index (χ0n) is 12.9. The molecule has 1 heterocycles. The van der Waals surface area contributed by atoms with Crippen LogP contribution < -0.4 is 15.7 Å². The first kappa shape index (κ1) is 15.5. The van der Waals surface area contributed by atoms with Gasteiger partial charge in [-0.2, -0.15) is 5.10 Å². The van der Waals surface area contributed by atoms with Crippen molar-refractivity contribution in [3.8, 4) is 11.5 Å². The van der Waals surface area contributed by atoms with Gasteiger partial charge >= 0.3 is 5.69 Å². The Kier molecular flexibility index (Phi) is 4.42. The zero-order chi connectivity index (χ0) is 16.9. The summed E-state index contributed by atoms with van der Waals surface area (Å²) in [5, 5.41) is 8.86. The second-order valence-electron chi connectivity index (χ2n) is 5.17. The van der Waals surface area contributed by atoms with Crippen LogP contribution in [-0.4, -0.2) is 21.1 Å². The van der Waals surface area contributed by atoms with Gasteiger partial charge < -0.3 is 10.1 Å². The van der Waals surface area contributed by atoms with E-state index in [0.717, 1.165) is 0 Å². The van der Waals surface area contributed by atoms with E-state index in [-0.39, 0.29) is 5.91 Å². The van der Waals surface area contributed by atoms with E-state index in [1.54, 1.807) is 31.2 Å². The predicted octanol–water partition coefficient (Wildman–Crippen LogP) is 2.38. The van der Waals surface area contributed by atoms with Crippen LogP contribution >= 0.6 is 0 Å². The molecule has 2 aromatic carbocycles. The lowest BCUT2D eigenvalue weighted by molar-refractivity contribution is 0.0936. The second-order valence-corrected chi connectivity index (χ2v) is 5.17. The molecule has 3 aromatic rings. The van der Waals surface area contributed by atoms with Crippen LogP contribution in [0.5, 0.6) is 11.5 Å². The van der Waals surface area contributed by atoms with Crippen molar-refractivity contribution in [2.24, 2.45) is 0 Å². The number of para-hydroxylation sites is 2. The molecule has 0 radical (unpaired) electrons. The number of aromatic nitrogens is 3. The molecule has 1 amide bonds. The Bertz CT molecular complexity index is 886. The van der Waals surface area contributed by atoms with Gasteiger partial charge in [0.1, 0.15) is 11.5 Å². The molecule has 1 atom stereocenters. The third-order valence-electron chi connectivity index (χ3n) is 3.38. The van der Waals surface area contributed by atoms with E-state index in [4.69, 9.17) is 4.74 Å². The van der Waals surface area contributed by atoms with Crippen LogP contribution in [0.4, 0.5) is 0 Å². The van der Waals surface area contributed by atoms with Crippen LogP contribution in [0, 0.1) is 0 Å². The Labute approximate surface area is 137 Å². The number of nitrogens with zero attached hydrogens (tertiary/aromatic N) is 1. The standard InChI is InChI=1S/C17H16N4O3/c1-11(15-19-17(23)21-20-15)18-16(22)13-9-5-6-10-14(13)24-12-7-3-2-4-8-12/h2-11H,1H3,(H,18,22)(H2,19,20,21,23). The lowest BCUT2D eigenvalue weighted by Gasteiger charge is -2.14. The molecule has 0 spiro atoms. The van der Waals surface area contributed by atoms with Crippen LogP contribution in [-0.2, 0) is 0 Å². The van der Waals surface area contributed by atoms with Crippen molar-refractivity contribution in [2.75, 3.05) is 0 Å². The Hall–Kier alpha value is -3.35. The highest BCUT2D eigenvalue weighted by molar-refractivity contribution is 5.97. The molecule has 1 aromatic heterocycles. The first-order valence-corrected chi connectivity index (χ1v) is 7.41. The highest BCUT2D eigenvalue weighted by Crippen LogP contribution is 2.25. The van der Waals surface area contributed by atoms with E-state index < -0.39 is 11.7 Å². The van der Waals surface area contributed by atoms with Gasteiger partial charge in [0.2, 0.25) is 0 Å². The number of amides is 1. The second kappa shape index (κ2) is 6.82. The molecule has 3 N–H and O–H groups in total. The Morgan fingerprint density at radius 3 is 2.54 bits per heavy atom. The third kappa shape index (κ3) is 3.52. The van der Waals surface area contributed by atoms with E-state index in [0.29, 0.717) is 22.9 Å². The van der Waals surface area contributed by atoms with Gasteiger partial charge in [0, 0.05) is 0 Å². The normalized spacial score (nSPS) is 11.7. The van der Waals surface area contributed by atoms with E-state index in [1.165, 1.54) is 0 Å². The minimum absolute atomic E-state index is 0.321. The maximum absolute atomic E-state index is 12.5. The van der Waals surface area contributed by atoms with E-state index in [2.05, 4.69) is 20.5 Å². The molecule has 0 aliphatic heterocycles. The van der Waals surface area contributed by atoms with Crippen LogP contribution in [0.3, 0.4) is 0 Å². The van der Waals surface area contributed by atoms with Crippen LogP contribution in [0.2, 0.25) is 0 Å². The summed E-state index contributed by atoms with van der Waals surface area (Å²) in [6.07, 6.45) is 0. The molecule has 24 heavy (non-hydrogen) atoms. The first-order chi connectivity index (χ1) is 11.6. The Morgan fingerprint density at radius 1 is 1.12 bits per heavy atom. The monoisotopic (exact) mass is 324 g/mol. The predicted molar refractivity (Wildman–Crippen MR) is 88.0 cm³/mol. The molecule has 0 bridgehead atoms. The van der Waals surface area contributed by atoms with Crippen LogP contribution in [0.1, 0.15) is 29.1 Å². The van der Waals surface area contributed by atoms with Crippen molar-refractivity contribution in [1.82, 2.24) is 20.5 Å². The van der Waals surface area contributed by atoms with Crippen molar-refractivity contribution in [2.45, 2.75) is 13.0 Å². The molecular weight excluding hydrogens is 308 g/mol. The molecule has 0 fully saturated rings. The fourth-order valence-corrected chi connectivity index (χ4v) is 2.19. The summed E-state index contributed by atoms with van der Waals surface area (Å²) >= 11 is 0. The smallest absolute Gasteiger partial charge is 0.340 e. The number of ether oxygens (including phenoxy) is 1. The van der Waals surface area contributed by atoms with Crippen molar-refractivity contribution in [3.05, 3.63) is 76.5 Å². The molecule has 0 saturated heterocycles. The fraction of sp³-hybridized carbons (Fsp3) is 0.118. The molecule has 3 rings (SSSR count). The summed E-state index contributed by atoms with van der Waals surface area (Å²) in [7, 11) is 0. The third-order valence-corrected chi connectivity index (χ3v) is 3.38. The topological polar surface area (TPSA) is 99.9 Å². The van der Waals surface area contributed by atoms with Crippen molar-refractivity contribution in [3.63, 3.8) is 0 Å². The van der Waals surface area contributed by atoms with Crippen LogP contribution in [0.15, 0.2) is 59.4 Å². The van der Waals surface area contributed by atoms with Gasteiger partial charge in [-0.3, -0.25) is 9.78 Å². The van der Waals surface area contributed by atoms with Gasteiger partial charge in [0.15, 0.2) is 5.82 Å². The number of benzene rings is 2. The summed E-state index contributed by atoms with van der Waals surface area (Å²) in [5.74, 6) is 1.12. The van der Waals surface area contributed by atoms with E-state index in [9.17, 15) is 9.59 Å². The average Bonchev–Trinajstić information content (AvgIpc) is 3.03.